The Morgan fingerprint density at radius 2 is 1.76 bits per heavy atom. The van der Waals surface area contributed by atoms with Gasteiger partial charge in [0.25, 0.3) is 0 Å². The summed E-state index contributed by atoms with van der Waals surface area (Å²) < 4.78 is 25.8. The van der Waals surface area contributed by atoms with E-state index < -0.39 is 9.84 Å². The van der Waals surface area contributed by atoms with Gasteiger partial charge in [0.15, 0.2) is 9.84 Å². The highest BCUT2D eigenvalue weighted by Gasteiger charge is 2.21. The molecule has 29 heavy (non-hydrogen) atoms. The van der Waals surface area contributed by atoms with Crippen molar-refractivity contribution in [1.29, 1.82) is 0 Å². The molecule has 0 saturated carbocycles. The van der Waals surface area contributed by atoms with E-state index in [9.17, 15) is 13.2 Å². The second-order valence-electron chi connectivity index (χ2n) is 5.98. The van der Waals surface area contributed by atoms with Crippen molar-refractivity contribution >= 4 is 55.8 Å². The van der Waals surface area contributed by atoms with Crippen molar-refractivity contribution < 1.29 is 13.2 Å². The maximum atomic E-state index is 12.9. The van der Waals surface area contributed by atoms with Crippen LogP contribution >= 0.6 is 22.9 Å². The Kier molecular flexibility index (Phi) is 6.63. The lowest BCUT2D eigenvalue weighted by molar-refractivity contribution is -0.114. The number of carbonyl (C=O) groups excluding carboxylic acids is 1. The molecule has 3 rings (SSSR count). The van der Waals surface area contributed by atoms with Crippen molar-refractivity contribution in [1.82, 2.24) is 4.98 Å². The zero-order chi connectivity index (χ0) is 20.9. The minimum absolute atomic E-state index is 0.127. The molecular formula is C19H17ClN4O3S2. The summed E-state index contributed by atoms with van der Waals surface area (Å²) in [6.07, 6.45) is 1.59. The van der Waals surface area contributed by atoms with E-state index in [1.165, 1.54) is 30.4 Å². The number of sulfone groups is 1. The molecule has 0 saturated heterocycles. The summed E-state index contributed by atoms with van der Waals surface area (Å²) in [5.74, 6) is -0.562. The highest BCUT2D eigenvalue weighted by atomic mass is 35.5. The molecule has 10 heteroatoms. The number of hydrazone groups is 1. The Morgan fingerprint density at radius 3 is 2.34 bits per heavy atom. The second-order valence-corrected chi connectivity index (χ2v) is 9.30. The first kappa shape index (κ1) is 21.0. The zero-order valence-corrected chi connectivity index (χ0v) is 17.7. The maximum absolute atomic E-state index is 12.9. The third kappa shape index (κ3) is 5.86. The first-order chi connectivity index (χ1) is 13.8. The average molecular weight is 449 g/mol. The molecule has 0 atom stereocenters. The number of amides is 1. The number of halogens is 1. The number of nitrogens with zero attached hydrogens (tertiary/aromatic N) is 2. The van der Waals surface area contributed by atoms with Crippen LogP contribution in [0.1, 0.15) is 11.9 Å². The SMILES string of the molecule is CC(=O)Nc1ccc(S(=O)(=O)C/C(=N/Nc2ccc(Cl)cc2)c2nccs2)cc1. The van der Waals surface area contributed by atoms with Gasteiger partial charge in [-0.05, 0) is 48.5 Å². The molecule has 0 aliphatic heterocycles. The van der Waals surface area contributed by atoms with E-state index in [1.54, 1.807) is 48.0 Å². The van der Waals surface area contributed by atoms with Crippen LogP contribution in [0, 0.1) is 0 Å². The summed E-state index contributed by atoms with van der Waals surface area (Å²) in [5, 5.41) is 9.72. The van der Waals surface area contributed by atoms with Gasteiger partial charge in [0.1, 0.15) is 16.5 Å². The fourth-order valence-electron chi connectivity index (χ4n) is 2.38. The predicted molar refractivity (Wildman–Crippen MR) is 117 cm³/mol. The lowest BCUT2D eigenvalue weighted by Crippen LogP contribution is -2.19. The van der Waals surface area contributed by atoms with Crippen molar-refractivity contribution in [3.05, 3.63) is 70.1 Å². The van der Waals surface area contributed by atoms with Crippen LogP contribution in [0.2, 0.25) is 5.02 Å². The summed E-state index contributed by atoms with van der Waals surface area (Å²) in [4.78, 5) is 15.4. The fraction of sp³-hybridized carbons (Fsp3) is 0.105. The van der Waals surface area contributed by atoms with Crippen LogP contribution in [0.15, 0.2) is 70.1 Å². The zero-order valence-electron chi connectivity index (χ0n) is 15.3. The molecule has 0 bridgehead atoms. The predicted octanol–water partition coefficient (Wildman–Crippen LogP) is 4.05. The minimum Gasteiger partial charge on any atom is -0.326 e. The number of benzene rings is 2. The van der Waals surface area contributed by atoms with Crippen LogP contribution in [0.25, 0.3) is 0 Å². The van der Waals surface area contributed by atoms with Gasteiger partial charge in [0.05, 0.1) is 10.6 Å². The fourth-order valence-corrected chi connectivity index (χ4v) is 4.50. The molecule has 1 aromatic heterocycles. The molecule has 2 aromatic carbocycles. The number of anilines is 2. The normalized spacial score (nSPS) is 11.9. The van der Waals surface area contributed by atoms with Gasteiger partial charge in [0.2, 0.25) is 5.91 Å². The molecular weight excluding hydrogens is 432 g/mol. The molecule has 0 fully saturated rings. The summed E-state index contributed by atoms with van der Waals surface area (Å²) in [5.41, 5.74) is 4.33. The van der Waals surface area contributed by atoms with Gasteiger partial charge in [-0.2, -0.15) is 5.10 Å². The highest BCUT2D eigenvalue weighted by Crippen LogP contribution is 2.19. The maximum Gasteiger partial charge on any atom is 0.221 e. The quantitative estimate of drug-likeness (QED) is 0.419. The van der Waals surface area contributed by atoms with Crippen molar-refractivity contribution in [2.24, 2.45) is 5.10 Å². The van der Waals surface area contributed by atoms with E-state index in [1.807, 2.05) is 0 Å². The molecule has 0 aliphatic rings. The summed E-state index contributed by atoms with van der Waals surface area (Å²) >= 11 is 7.17. The topological polar surface area (TPSA) is 101 Å². The number of nitrogens with one attached hydrogen (secondary N) is 2. The summed E-state index contributed by atoms with van der Waals surface area (Å²) in [6, 6.07) is 12.9. The third-order valence-electron chi connectivity index (χ3n) is 3.70. The van der Waals surface area contributed by atoms with Crippen LogP contribution in [0.5, 0.6) is 0 Å². The Balaban J connectivity index is 1.84. The van der Waals surface area contributed by atoms with Crippen LogP contribution in [-0.2, 0) is 14.6 Å². The lowest BCUT2D eigenvalue weighted by Gasteiger charge is -2.08. The number of hydrogen-bond acceptors (Lipinski definition) is 7. The van der Waals surface area contributed by atoms with E-state index in [0.29, 0.717) is 27.1 Å². The van der Waals surface area contributed by atoms with Crippen LogP contribution in [0.3, 0.4) is 0 Å². The molecule has 0 unspecified atom stereocenters. The largest absolute Gasteiger partial charge is 0.326 e. The van der Waals surface area contributed by atoms with Crippen molar-refractivity contribution in [2.45, 2.75) is 11.8 Å². The number of hydrogen-bond donors (Lipinski definition) is 2. The van der Waals surface area contributed by atoms with Gasteiger partial charge in [-0.15, -0.1) is 11.3 Å². The first-order valence-corrected chi connectivity index (χ1v) is 11.3. The van der Waals surface area contributed by atoms with Crippen molar-refractivity contribution in [2.75, 3.05) is 16.5 Å². The Bertz CT molecular complexity index is 1110. The van der Waals surface area contributed by atoms with Gasteiger partial charge in [-0.1, -0.05) is 11.6 Å². The molecule has 150 valence electrons. The van der Waals surface area contributed by atoms with E-state index in [-0.39, 0.29) is 16.6 Å². The number of thiazole rings is 1. The molecule has 7 nitrogen and oxygen atoms in total. The Hall–Kier alpha value is -2.75. The van der Waals surface area contributed by atoms with E-state index in [2.05, 4.69) is 20.8 Å². The smallest absolute Gasteiger partial charge is 0.221 e. The van der Waals surface area contributed by atoms with Crippen molar-refractivity contribution in [3.8, 4) is 0 Å². The van der Waals surface area contributed by atoms with Gasteiger partial charge < -0.3 is 5.32 Å². The van der Waals surface area contributed by atoms with Gasteiger partial charge in [-0.25, -0.2) is 13.4 Å². The van der Waals surface area contributed by atoms with Gasteiger partial charge in [-0.3, -0.25) is 10.2 Å². The van der Waals surface area contributed by atoms with Crippen LogP contribution < -0.4 is 10.7 Å². The minimum atomic E-state index is -3.68. The van der Waals surface area contributed by atoms with E-state index >= 15 is 0 Å². The standard InChI is InChI=1S/C19H17ClN4O3S2/c1-13(25)22-15-6-8-17(9-7-15)29(26,27)12-18(19-21-10-11-28-19)24-23-16-4-2-14(20)3-5-16/h2-11,23H,12H2,1H3,(H,22,25)/b24-18-. The Morgan fingerprint density at radius 1 is 1.10 bits per heavy atom. The molecule has 0 aliphatic carbocycles. The molecule has 1 amide bonds. The molecule has 1 heterocycles. The van der Waals surface area contributed by atoms with Crippen LogP contribution in [0.4, 0.5) is 11.4 Å². The van der Waals surface area contributed by atoms with Gasteiger partial charge in [0, 0.05) is 29.2 Å². The highest BCUT2D eigenvalue weighted by molar-refractivity contribution is 7.92. The summed E-state index contributed by atoms with van der Waals surface area (Å²) in [7, 11) is -3.68. The third-order valence-corrected chi connectivity index (χ3v) is 6.42. The first-order valence-electron chi connectivity index (χ1n) is 8.42. The number of rotatable bonds is 7. The Labute approximate surface area is 177 Å². The monoisotopic (exact) mass is 448 g/mol. The van der Waals surface area contributed by atoms with Crippen molar-refractivity contribution in [3.63, 3.8) is 0 Å². The van der Waals surface area contributed by atoms with Crippen LogP contribution in [-0.4, -0.2) is 30.8 Å². The second kappa shape index (κ2) is 9.17. The lowest BCUT2D eigenvalue weighted by atomic mass is 10.3. The molecule has 0 radical (unpaired) electrons. The number of carbonyl (C=O) groups is 1. The summed E-state index contributed by atoms with van der Waals surface area (Å²) in [6.45, 7) is 1.38. The number of aromatic nitrogens is 1. The average Bonchev–Trinajstić information content (AvgIpc) is 3.21. The van der Waals surface area contributed by atoms with E-state index in [4.69, 9.17) is 11.6 Å². The molecule has 3 aromatic rings. The molecule has 0 spiro atoms. The molecule has 2 N–H and O–H groups in total. The van der Waals surface area contributed by atoms with Gasteiger partial charge >= 0.3 is 0 Å². The van der Waals surface area contributed by atoms with E-state index in [0.717, 1.165) is 0 Å².